The quantitative estimate of drug-likeness (QED) is 0.413. The smallest absolute Gasteiger partial charge is 0.254 e. The van der Waals surface area contributed by atoms with Crippen LogP contribution in [0.25, 0.3) is 11.3 Å². The Morgan fingerprint density at radius 1 is 0.846 bits per heavy atom. The molecule has 0 spiro atoms. The highest BCUT2D eigenvalue weighted by Gasteiger charge is 2.27. The van der Waals surface area contributed by atoms with Crippen LogP contribution < -0.4 is 19.1 Å². The fourth-order valence-electron chi connectivity index (χ4n) is 4.47. The summed E-state index contributed by atoms with van der Waals surface area (Å²) in [5.41, 5.74) is 2.05. The van der Waals surface area contributed by atoms with Crippen molar-refractivity contribution in [2.45, 2.75) is 19.9 Å². The van der Waals surface area contributed by atoms with E-state index in [0.717, 1.165) is 11.4 Å². The summed E-state index contributed by atoms with van der Waals surface area (Å²) >= 11 is 0. The van der Waals surface area contributed by atoms with E-state index in [1.54, 1.807) is 55.4 Å². The standard InChI is InChI=1S/C29H35N5O5/c1-20(2)34(29(36)21-6-8-22(37-3)9-7-21)19-28(35)33-16-14-32(15-17-33)27-13-12-25(30-31-27)24-11-10-23(38-4)18-26(24)39-5/h6-13,18,20H,14-17,19H2,1-5H3. The monoisotopic (exact) mass is 533 g/mol. The second kappa shape index (κ2) is 12.5. The number of ether oxygens (including phenoxy) is 3. The summed E-state index contributed by atoms with van der Waals surface area (Å²) in [6.45, 7) is 6.18. The van der Waals surface area contributed by atoms with Crippen LogP contribution >= 0.6 is 0 Å². The average Bonchev–Trinajstić information content (AvgIpc) is 2.99. The van der Waals surface area contributed by atoms with Crippen molar-refractivity contribution in [3.63, 3.8) is 0 Å². The first-order valence-electron chi connectivity index (χ1n) is 12.9. The minimum absolute atomic E-state index is 0.0285. The van der Waals surface area contributed by atoms with Crippen LogP contribution in [0, 0.1) is 0 Å². The van der Waals surface area contributed by atoms with Crippen LogP contribution in [0.2, 0.25) is 0 Å². The van der Waals surface area contributed by atoms with Crippen molar-refractivity contribution in [2.24, 2.45) is 0 Å². The molecule has 0 aliphatic carbocycles. The van der Waals surface area contributed by atoms with Crippen molar-refractivity contribution in [3.8, 4) is 28.5 Å². The number of carbonyl (C=O) groups excluding carboxylic acids is 2. The molecule has 0 bridgehead atoms. The molecule has 0 N–H and O–H groups in total. The SMILES string of the molecule is COc1ccc(C(=O)N(CC(=O)N2CCN(c3ccc(-c4ccc(OC)cc4OC)nn3)CC2)C(C)C)cc1. The summed E-state index contributed by atoms with van der Waals surface area (Å²) in [6.07, 6.45) is 0. The summed E-state index contributed by atoms with van der Waals surface area (Å²) < 4.78 is 15.9. The first-order valence-corrected chi connectivity index (χ1v) is 12.9. The van der Waals surface area contributed by atoms with E-state index in [1.807, 2.05) is 44.2 Å². The van der Waals surface area contributed by atoms with E-state index in [-0.39, 0.29) is 24.4 Å². The molecule has 0 unspecified atom stereocenters. The molecule has 2 aromatic carbocycles. The molecular weight excluding hydrogens is 498 g/mol. The lowest BCUT2D eigenvalue weighted by Gasteiger charge is -2.36. The van der Waals surface area contributed by atoms with Crippen molar-refractivity contribution in [1.82, 2.24) is 20.0 Å². The second-order valence-electron chi connectivity index (χ2n) is 9.47. The van der Waals surface area contributed by atoms with E-state index >= 15 is 0 Å². The zero-order valence-electron chi connectivity index (χ0n) is 23.1. The van der Waals surface area contributed by atoms with Gasteiger partial charge in [0.05, 0.1) is 27.0 Å². The number of nitrogens with zero attached hydrogens (tertiary/aromatic N) is 5. The fraction of sp³-hybridized carbons (Fsp3) is 0.379. The lowest BCUT2D eigenvalue weighted by molar-refractivity contribution is -0.132. The molecule has 10 nitrogen and oxygen atoms in total. The Morgan fingerprint density at radius 3 is 2.08 bits per heavy atom. The Labute approximate surface area is 229 Å². The number of piperazine rings is 1. The summed E-state index contributed by atoms with van der Waals surface area (Å²) in [5.74, 6) is 2.54. The maximum absolute atomic E-state index is 13.1. The minimum atomic E-state index is -0.177. The van der Waals surface area contributed by atoms with Crippen LogP contribution in [-0.4, -0.2) is 91.9 Å². The Hall–Kier alpha value is -4.34. The molecule has 206 valence electrons. The van der Waals surface area contributed by atoms with E-state index in [4.69, 9.17) is 14.2 Å². The Bertz CT molecular complexity index is 1270. The number of rotatable bonds is 9. The molecule has 10 heteroatoms. The first kappa shape index (κ1) is 27.7. The van der Waals surface area contributed by atoms with Gasteiger partial charge in [-0.3, -0.25) is 9.59 Å². The van der Waals surface area contributed by atoms with Gasteiger partial charge in [-0.1, -0.05) is 0 Å². The number of benzene rings is 2. The highest BCUT2D eigenvalue weighted by atomic mass is 16.5. The molecule has 0 saturated carbocycles. The average molecular weight is 534 g/mol. The molecule has 0 radical (unpaired) electrons. The van der Waals surface area contributed by atoms with Gasteiger partial charge in [-0.25, -0.2) is 0 Å². The number of amides is 2. The highest BCUT2D eigenvalue weighted by molar-refractivity contribution is 5.96. The molecule has 2 heterocycles. The van der Waals surface area contributed by atoms with Crippen LogP contribution in [0.15, 0.2) is 54.6 Å². The van der Waals surface area contributed by atoms with Crippen molar-refractivity contribution in [3.05, 3.63) is 60.2 Å². The first-order chi connectivity index (χ1) is 18.8. The zero-order chi connectivity index (χ0) is 27.9. The third-order valence-corrected chi connectivity index (χ3v) is 6.82. The van der Waals surface area contributed by atoms with Gasteiger partial charge in [0.25, 0.3) is 5.91 Å². The number of carbonyl (C=O) groups is 2. The van der Waals surface area contributed by atoms with Crippen molar-refractivity contribution < 1.29 is 23.8 Å². The summed E-state index contributed by atoms with van der Waals surface area (Å²) in [5, 5.41) is 8.85. The lowest BCUT2D eigenvalue weighted by atomic mass is 10.1. The van der Waals surface area contributed by atoms with Gasteiger partial charge in [-0.05, 0) is 62.4 Å². The summed E-state index contributed by atoms with van der Waals surface area (Å²) in [7, 11) is 4.80. The molecule has 3 aromatic rings. The molecule has 1 aliphatic rings. The van der Waals surface area contributed by atoms with Gasteiger partial charge >= 0.3 is 0 Å². The predicted molar refractivity (Wildman–Crippen MR) is 149 cm³/mol. The van der Waals surface area contributed by atoms with Crippen LogP contribution in [0.5, 0.6) is 17.2 Å². The van der Waals surface area contributed by atoms with Gasteiger partial charge in [-0.2, -0.15) is 0 Å². The number of hydrogen-bond acceptors (Lipinski definition) is 8. The number of methoxy groups -OCH3 is 3. The molecule has 2 amide bonds. The minimum Gasteiger partial charge on any atom is -0.497 e. The highest BCUT2D eigenvalue weighted by Crippen LogP contribution is 2.32. The molecule has 0 atom stereocenters. The van der Waals surface area contributed by atoms with Gasteiger partial charge in [0, 0.05) is 49.4 Å². The molecule has 1 saturated heterocycles. The van der Waals surface area contributed by atoms with E-state index in [1.165, 1.54) is 0 Å². The summed E-state index contributed by atoms with van der Waals surface area (Å²) in [4.78, 5) is 31.8. The van der Waals surface area contributed by atoms with E-state index < -0.39 is 0 Å². The van der Waals surface area contributed by atoms with Crippen LogP contribution in [0.4, 0.5) is 5.82 Å². The van der Waals surface area contributed by atoms with Gasteiger partial charge in [0.1, 0.15) is 23.8 Å². The van der Waals surface area contributed by atoms with E-state index in [2.05, 4.69) is 15.1 Å². The van der Waals surface area contributed by atoms with E-state index in [0.29, 0.717) is 54.7 Å². The van der Waals surface area contributed by atoms with Crippen LogP contribution in [0.3, 0.4) is 0 Å². The normalized spacial score (nSPS) is 13.3. The van der Waals surface area contributed by atoms with Gasteiger partial charge in [0.15, 0.2) is 5.82 Å². The lowest BCUT2D eigenvalue weighted by Crippen LogP contribution is -2.53. The molecule has 39 heavy (non-hydrogen) atoms. The van der Waals surface area contributed by atoms with Crippen LogP contribution in [-0.2, 0) is 4.79 Å². The largest absolute Gasteiger partial charge is 0.497 e. The van der Waals surface area contributed by atoms with E-state index in [9.17, 15) is 9.59 Å². The topological polar surface area (TPSA) is 97.3 Å². The number of hydrogen-bond donors (Lipinski definition) is 0. The predicted octanol–water partition coefficient (Wildman–Crippen LogP) is 3.37. The summed E-state index contributed by atoms with van der Waals surface area (Å²) in [6, 6.07) is 16.2. The van der Waals surface area contributed by atoms with Crippen LogP contribution in [0.1, 0.15) is 24.2 Å². The third kappa shape index (κ3) is 6.39. The zero-order valence-corrected chi connectivity index (χ0v) is 23.1. The Kier molecular flexibility index (Phi) is 8.85. The molecule has 1 aliphatic heterocycles. The Morgan fingerprint density at radius 2 is 1.51 bits per heavy atom. The third-order valence-electron chi connectivity index (χ3n) is 6.82. The maximum atomic E-state index is 13.1. The van der Waals surface area contributed by atoms with Gasteiger partial charge in [0.2, 0.25) is 5.91 Å². The fourth-order valence-corrected chi connectivity index (χ4v) is 4.47. The molecule has 1 aromatic heterocycles. The maximum Gasteiger partial charge on any atom is 0.254 e. The Balaban J connectivity index is 1.36. The number of aromatic nitrogens is 2. The number of anilines is 1. The van der Waals surface area contributed by atoms with Crippen molar-refractivity contribution >= 4 is 17.6 Å². The van der Waals surface area contributed by atoms with Crippen molar-refractivity contribution in [2.75, 3.05) is 59.0 Å². The molecule has 4 rings (SSSR count). The molecule has 1 fully saturated rings. The second-order valence-corrected chi connectivity index (χ2v) is 9.47. The molecular formula is C29H35N5O5. The van der Waals surface area contributed by atoms with Gasteiger partial charge < -0.3 is 28.9 Å². The van der Waals surface area contributed by atoms with Crippen molar-refractivity contribution in [1.29, 1.82) is 0 Å². The van der Waals surface area contributed by atoms with Gasteiger partial charge in [-0.15, -0.1) is 10.2 Å².